The van der Waals surface area contributed by atoms with Crippen LogP contribution in [0.15, 0.2) is 18.2 Å². The van der Waals surface area contributed by atoms with Crippen LogP contribution in [0.5, 0.6) is 0 Å². The number of nitrogens with one attached hydrogen (secondary N) is 1. The minimum absolute atomic E-state index is 0.119. The number of para-hydroxylation sites is 1. The molecule has 0 saturated heterocycles. The Morgan fingerprint density at radius 3 is 2.50 bits per heavy atom. The van der Waals surface area contributed by atoms with Crippen molar-refractivity contribution in [3.63, 3.8) is 0 Å². The average Bonchev–Trinajstić information content (AvgIpc) is 2.29. The van der Waals surface area contributed by atoms with Crippen LogP contribution in [0.4, 0.5) is 5.69 Å². The van der Waals surface area contributed by atoms with Crippen molar-refractivity contribution in [1.82, 2.24) is 0 Å². The minimum atomic E-state index is -0.512. The third-order valence-electron chi connectivity index (χ3n) is 3.20. The summed E-state index contributed by atoms with van der Waals surface area (Å²) in [5.74, 6) is -0.119. The molecule has 0 radical (unpaired) electrons. The third-order valence-corrected chi connectivity index (χ3v) is 3.20. The molecule has 0 aliphatic rings. The predicted octanol–water partition coefficient (Wildman–Crippen LogP) is 2.87. The maximum atomic E-state index is 12.1. The molecule has 3 heteroatoms. The van der Waals surface area contributed by atoms with Crippen molar-refractivity contribution in [1.29, 1.82) is 0 Å². The molecule has 0 unspecified atom stereocenters. The Morgan fingerprint density at radius 1 is 1.39 bits per heavy atom. The summed E-state index contributed by atoms with van der Waals surface area (Å²) in [7, 11) is 0. The first kappa shape index (κ1) is 14.7. The van der Waals surface area contributed by atoms with E-state index in [0.29, 0.717) is 0 Å². The Kier molecular flexibility index (Phi) is 4.52. The fourth-order valence-electron chi connectivity index (χ4n) is 1.80. The van der Waals surface area contributed by atoms with Crippen molar-refractivity contribution >= 4 is 11.6 Å². The Bertz CT molecular complexity index is 433. The van der Waals surface area contributed by atoms with Gasteiger partial charge in [-0.25, -0.2) is 0 Å². The highest BCUT2D eigenvalue weighted by Crippen LogP contribution is 2.23. The van der Waals surface area contributed by atoms with Gasteiger partial charge in [0, 0.05) is 5.69 Å². The van der Waals surface area contributed by atoms with Crippen LogP contribution in [0.1, 0.15) is 38.8 Å². The van der Waals surface area contributed by atoms with E-state index < -0.39 is 6.04 Å². The number of carbonyl (C=O) groups is 1. The largest absolute Gasteiger partial charge is 0.324 e. The average molecular weight is 248 g/mol. The maximum absolute atomic E-state index is 12.1. The van der Waals surface area contributed by atoms with Crippen molar-refractivity contribution in [2.75, 3.05) is 5.32 Å². The number of benzene rings is 1. The Morgan fingerprint density at radius 2 is 2.00 bits per heavy atom. The predicted molar refractivity (Wildman–Crippen MR) is 76.6 cm³/mol. The minimum Gasteiger partial charge on any atom is -0.324 e. The summed E-state index contributed by atoms with van der Waals surface area (Å²) in [5.41, 5.74) is 8.86. The Hall–Kier alpha value is -1.35. The molecule has 0 saturated carbocycles. The molecule has 0 fully saturated rings. The molecule has 1 aromatic carbocycles. The number of amides is 1. The van der Waals surface area contributed by atoms with Gasteiger partial charge < -0.3 is 11.1 Å². The van der Waals surface area contributed by atoms with Crippen LogP contribution in [0.2, 0.25) is 0 Å². The van der Waals surface area contributed by atoms with E-state index in [4.69, 9.17) is 5.73 Å². The SMILES string of the molecule is CCc1cccc(C)c1NC(=O)[C@H](N)C(C)(C)C. The number of rotatable bonds is 3. The van der Waals surface area contributed by atoms with Gasteiger partial charge in [0.2, 0.25) is 5.91 Å². The number of hydrogen-bond acceptors (Lipinski definition) is 2. The van der Waals surface area contributed by atoms with Crippen LogP contribution in [-0.4, -0.2) is 11.9 Å². The zero-order chi connectivity index (χ0) is 13.9. The Labute approximate surface area is 110 Å². The zero-order valence-electron chi connectivity index (χ0n) is 12.0. The molecule has 1 atom stereocenters. The van der Waals surface area contributed by atoms with Crippen molar-refractivity contribution in [3.05, 3.63) is 29.3 Å². The van der Waals surface area contributed by atoms with Crippen molar-refractivity contribution < 1.29 is 4.79 Å². The van der Waals surface area contributed by atoms with Crippen LogP contribution in [0, 0.1) is 12.3 Å². The number of anilines is 1. The van der Waals surface area contributed by atoms with Crippen molar-refractivity contribution in [2.24, 2.45) is 11.1 Å². The number of nitrogens with two attached hydrogens (primary N) is 1. The molecule has 0 aliphatic heterocycles. The zero-order valence-corrected chi connectivity index (χ0v) is 12.0. The molecule has 1 amide bonds. The normalized spacial score (nSPS) is 13.2. The van der Waals surface area contributed by atoms with Crippen molar-refractivity contribution in [3.8, 4) is 0 Å². The van der Waals surface area contributed by atoms with E-state index in [1.165, 1.54) is 0 Å². The van der Waals surface area contributed by atoms with Crippen LogP contribution in [0.25, 0.3) is 0 Å². The lowest BCUT2D eigenvalue weighted by Gasteiger charge is -2.26. The van der Waals surface area contributed by atoms with Crippen LogP contribution >= 0.6 is 0 Å². The highest BCUT2D eigenvalue weighted by molar-refractivity contribution is 5.96. The monoisotopic (exact) mass is 248 g/mol. The maximum Gasteiger partial charge on any atom is 0.241 e. The van der Waals surface area contributed by atoms with Gasteiger partial charge in [0.25, 0.3) is 0 Å². The molecule has 0 heterocycles. The van der Waals surface area contributed by atoms with E-state index in [2.05, 4.69) is 12.2 Å². The lowest BCUT2D eigenvalue weighted by Crippen LogP contribution is -2.45. The molecule has 1 aromatic rings. The van der Waals surface area contributed by atoms with Gasteiger partial charge in [-0.2, -0.15) is 0 Å². The fourth-order valence-corrected chi connectivity index (χ4v) is 1.80. The smallest absolute Gasteiger partial charge is 0.241 e. The summed E-state index contributed by atoms with van der Waals surface area (Å²) >= 11 is 0. The first-order valence-electron chi connectivity index (χ1n) is 6.42. The molecule has 100 valence electrons. The Balaban J connectivity index is 2.95. The molecule has 0 spiro atoms. The van der Waals surface area contributed by atoms with Crippen LogP contribution in [-0.2, 0) is 11.2 Å². The molecule has 0 bridgehead atoms. The summed E-state index contributed by atoms with van der Waals surface area (Å²) in [6, 6.07) is 5.53. The van der Waals surface area contributed by atoms with Crippen molar-refractivity contribution in [2.45, 2.75) is 47.1 Å². The number of hydrogen-bond donors (Lipinski definition) is 2. The lowest BCUT2D eigenvalue weighted by atomic mass is 9.87. The van der Waals surface area contributed by atoms with E-state index in [-0.39, 0.29) is 11.3 Å². The van der Waals surface area contributed by atoms with Gasteiger partial charge >= 0.3 is 0 Å². The highest BCUT2D eigenvalue weighted by atomic mass is 16.2. The molecule has 0 aliphatic carbocycles. The molecule has 3 N–H and O–H groups in total. The lowest BCUT2D eigenvalue weighted by molar-refractivity contribution is -0.119. The van der Waals surface area contributed by atoms with Gasteiger partial charge in [-0.3, -0.25) is 4.79 Å². The van der Waals surface area contributed by atoms with E-state index in [1.807, 2.05) is 45.9 Å². The van der Waals surface area contributed by atoms with E-state index in [1.54, 1.807) is 0 Å². The number of carbonyl (C=O) groups excluding carboxylic acids is 1. The highest BCUT2D eigenvalue weighted by Gasteiger charge is 2.27. The molecule has 1 rings (SSSR count). The van der Waals surface area contributed by atoms with Gasteiger partial charge in [-0.15, -0.1) is 0 Å². The van der Waals surface area contributed by atoms with Gasteiger partial charge in [0.15, 0.2) is 0 Å². The van der Waals surface area contributed by atoms with Crippen LogP contribution in [0.3, 0.4) is 0 Å². The summed E-state index contributed by atoms with van der Waals surface area (Å²) in [4.78, 5) is 12.1. The molecular formula is C15H24N2O. The molecular weight excluding hydrogens is 224 g/mol. The second-order valence-electron chi connectivity index (χ2n) is 5.80. The van der Waals surface area contributed by atoms with Gasteiger partial charge in [0.1, 0.15) is 0 Å². The van der Waals surface area contributed by atoms with Gasteiger partial charge in [-0.1, -0.05) is 45.9 Å². The molecule has 3 nitrogen and oxygen atoms in total. The summed E-state index contributed by atoms with van der Waals surface area (Å²) in [6.45, 7) is 9.98. The fraction of sp³-hybridized carbons (Fsp3) is 0.533. The first-order chi connectivity index (χ1) is 8.27. The summed E-state index contributed by atoms with van der Waals surface area (Å²) in [6.07, 6.45) is 0.891. The summed E-state index contributed by atoms with van der Waals surface area (Å²) < 4.78 is 0. The number of aryl methyl sites for hydroxylation is 2. The standard InChI is InChI=1S/C15H24N2O/c1-6-11-9-7-8-10(2)12(11)17-14(18)13(16)15(3,4)5/h7-9,13H,6,16H2,1-5H3,(H,17,18)/t13-/m0/s1. The van der Waals surface area contributed by atoms with Gasteiger partial charge in [0.05, 0.1) is 6.04 Å². The molecule has 0 aromatic heterocycles. The molecule has 18 heavy (non-hydrogen) atoms. The first-order valence-corrected chi connectivity index (χ1v) is 6.42. The van der Waals surface area contributed by atoms with E-state index >= 15 is 0 Å². The summed E-state index contributed by atoms with van der Waals surface area (Å²) in [5, 5.41) is 2.97. The van der Waals surface area contributed by atoms with Gasteiger partial charge in [-0.05, 0) is 29.9 Å². The van der Waals surface area contributed by atoms with E-state index in [0.717, 1.165) is 23.2 Å². The topological polar surface area (TPSA) is 55.1 Å². The second kappa shape index (κ2) is 5.53. The quantitative estimate of drug-likeness (QED) is 0.864. The second-order valence-corrected chi connectivity index (χ2v) is 5.80. The van der Waals surface area contributed by atoms with Crippen LogP contribution < -0.4 is 11.1 Å². The third kappa shape index (κ3) is 3.33. The van der Waals surface area contributed by atoms with E-state index in [9.17, 15) is 4.79 Å².